The maximum Gasteiger partial charge on any atom is 0.0971 e. The van der Waals surface area contributed by atoms with Crippen molar-refractivity contribution in [1.29, 1.82) is 5.26 Å². The molecular formula is C16H18N4. The molecule has 1 aromatic carbocycles. The van der Waals surface area contributed by atoms with E-state index in [1.165, 1.54) is 11.3 Å². The van der Waals surface area contributed by atoms with Crippen LogP contribution in [0.15, 0.2) is 30.3 Å². The van der Waals surface area contributed by atoms with Crippen LogP contribution in [-0.4, -0.2) is 28.3 Å². The Hall–Kier alpha value is -2.12. The fourth-order valence-corrected chi connectivity index (χ4v) is 2.79. The molecule has 0 amide bonds. The van der Waals surface area contributed by atoms with Gasteiger partial charge in [0.15, 0.2) is 0 Å². The van der Waals surface area contributed by atoms with Crippen LogP contribution in [0.1, 0.15) is 17.7 Å². The third kappa shape index (κ3) is 2.33. The molecule has 0 N–H and O–H groups in total. The Bertz CT molecular complexity index is 636. The van der Waals surface area contributed by atoms with E-state index in [0.29, 0.717) is 13.0 Å². The van der Waals surface area contributed by atoms with Gasteiger partial charge in [-0.15, -0.1) is 0 Å². The van der Waals surface area contributed by atoms with E-state index in [2.05, 4.69) is 30.1 Å². The topological polar surface area (TPSA) is 44.9 Å². The average molecular weight is 266 g/mol. The molecule has 2 heterocycles. The Morgan fingerprint density at radius 1 is 1.30 bits per heavy atom. The number of hydrogen-bond donors (Lipinski definition) is 0. The average Bonchev–Trinajstić information content (AvgIpc) is 2.84. The predicted molar refractivity (Wildman–Crippen MR) is 77.9 cm³/mol. The number of hydrogen-bond acceptors (Lipinski definition) is 3. The Morgan fingerprint density at radius 2 is 2.10 bits per heavy atom. The molecule has 0 fully saturated rings. The van der Waals surface area contributed by atoms with E-state index >= 15 is 0 Å². The van der Waals surface area contributed by atoms with Gasteiger partial charge in [-0.3, -0.25) is 4.68 Å². The number of likely N-dealkylation sites (N-methyl/N-ethyl adjacent to an activating group) is 1. The zero-order chi connectivity index (χ0) is 13.9. The van der Waals surface area contributed by atoms with Crippen molar-refractivity contribution in [3.8, 4) is 17.3 Å². The van der Waals surface area contributed by atoms with Crippen LogP contribution in [0.4, 0.5) is 0 Å². The lowest BCUT2D eigenvalue weighted by atomic mass is 10.0. The molecule has 0 spiro atoms. The summed E-state index contributed by atoms with van der Waals surface area (Å²) in [7, 11) is 2.14. The molecule has 0 bridgehead atoms. The smallest absolute Gasteiger partial charge is 0.0971 e. The van der Waals surface area contributed by atoms with Crippen LogP contribution < -0.4 is 0 Å². The molecule has 0 aliphatic carbocycles. The molecule has 2 aromatic rings. The van der Waals surface area contributed by atoms with E-state index in [9.17, 15) is 0 Å². The Balaban J connectivity index is 2.06. The lowest BCUT2D eigenvalue weighted by Gasteiger charge is -2.23. The number of fused-ring (bicyclic) bond motifs is 1. The standard InChI is InChI=1S/C16H18N4/c1-19-11-8-15-14(12-19)16(13-6-3-2-4-7-13)18-20(15)10-5-9-17/h2-4,6-7H,5,8,10-12H2,1H3. The molecule has 0 radical (unpaired) electrons. The van der Waals surface area contributed by atoms with Crippen LogP contribution in [0.3, 0.4) is 0 Å². The molecule has 4 nitrogen and oxygen atoms in total. The summed E-state index contributed by atoms with van der Waals surface area (Å²) in [4.78, 5) is 2.32. The number of nitriles is 1. The van der Waals surface area contributed by atoms with Gasteiger partial charge < -0.3 is 4.90 Å². The maximum absolute atomic E-state index is 8.80. The summed E-state index contributed by atoms with van der Waals surface area (Å²) in [5.74, 6) is 0. The normalized spacial score (nSPS) is 14.8. The van der Waals surface area contributed by atoms with Crippen molar-refractivity contribution in [2.75, 3.05) is 13.6 Å². The van der Waals surface area contributed by atoms with Gasteiger partial charge in [0.05, 0.1) is 24.7 Å². The molecule has 3 rings (SSSR count). The summed E-state index contributed by atoms with van der Waals surface area (Å²) in [6, 6.07) is 12.5. The number of nitrogens with zero attached hydrogens (tertiary/aromatic N) is 4. The molecule has 0 saturated carbocycles. The van der Waals surface area contributed by atoms with Gasteiger partial charge in [0.1, 0.15) is 0 Å². The zero-order valence-corrected chi connectivity index (χ0v) is 11.7. The van der Waals surface area contributed by atoms with E-state index in [1.54, 1.807) is 0 Å². The predicted octanol–water partition coefficient (Wildman–Crippen LogP) is 2.45. The molecule has 0 atom stereocenters. The summed E-state index contributed by atoms with van der Waals surface area (Å²) in [5.41, 5.74) is 4.86. The van der Waals surface area contributed by atoms with E-state index in [1.807, 2.05) is 22.9 Å². The fourth-order valence-electron chi connectivity index (χ4n) is 2.79. The first-order valence-corrected chi connectivity index (χ1v) is 6.99. The second-order valence-electron chi connectivity index (χ2n) is 5.26. The minimum absolute atomic E-state index is 0.512. The van der Waals surface area contributed by atoms with Crippen molar-refractivity contribution in [1.82, 2.24) is 14.7 Å². The van der Waals surface area contributed by atoms with Crippen LogP contribution in [0.2, 0.25) is 0 Å². The zero-order valence-electron chi connectivity index (χ0n) is 11.7. The van der Waals surface area contributed by atoms with E-state index in [0.717, 1.165) is 30.8 Å². The van der Waals surface area contributed by atoms with Crippen LogP contribution in [0.5, 0.6) is 0 Å². The first-order chi connectivity index (χ1) is 9.79. The van der Waals surface area contributed by atoms with Crippen molar-refractivity contribution >= 4 is 0 Å². The highest BCUT2D eigenvalue weighted by atomic mass is 15.3. The highest BCUT2D eigenvalue weighted by Crippen LogP contribution is 2.29. The number of aryl methyl sites for hydroxylation is 1. The van der Waals surface area contributed by atoms with Gasteiger partial charge in [-0.1, -0.05) is 30.3 Å². The van der Waals surface area contributed by atoms with Gasteiger partial charge in [-0.25, -0.2) is 0 Å². The fraction of sp³-hybridized carbons (Fsp3) is 0.375. The van der Waals surface area contributed by atoms with Crippen molar-refractivity contribution in [2.45, 2.75) is 25.9 Å². The van der Waals surface area contributed by atoms with Crippen molar-refractivity contribution < 1.29 is 0 Å². The summed E-state index contributed by atoms with van der Waals surface area (Å²) in [6.45, 7) is 2.68. The third-order valence-electron chi connectivity index (χ3n) is 3.81. The van der Waals surface area contributed by atoms with Crippen LogP contribution in [0, 0.1) is 11.3 Å². The van der Waals surface area contributed by atoms with E-state index in [-0.39, 0.29) is 0 Å². The largest absolute Gasteiger partial charge is 0.302 e. The first-order valence-electron chi connectivity index (χ1n) is 6.99. The van der Waals surface area contributed by atoms with Gasteiger partial charge in [-0.2, -0.15) is 10.4 Å². The van der Waals surface area contributed by atoms with Gasteiger partial charge >= 0.3 is 0 Å². The van der Waals surface area contributed by atoms with Crippen molar-refractivity contribution in [3.63, 3.8) is 0 Å². The first kappa shape index (κ1) is 12.9. The van der Waals surface area contributed by atoms with Crippen LogP contribution >= 0.6 is 0 Å². The molecule has 20 heavy (non-hydrogen) atoms. The molecule has 1 aliphatic rings. The second-order valence-corrected chi connectivity index (χ2v) is 5.26. The van der Waals surface area contributed by atoms with Gasteiger partial charge in [-0.05, 0) is 7.05 Å². The van der Waals surface area contributed by atoms with E-state index < -0.39 is 0 Å². The monoisotopic (exact) mass is 266 g/mol. The highest BCUT2D eigenvalue weighted by molar-refractivity contribution is 5.64. The molecule has 102 valence electrons. The summed E-state index contributed by atoms with van der Waals surface area (Å²) < 4.78 is 2.04. The second kappa shape index (κ2) is 5.48. The lowest BCUT2D eigenvalue weighted by Crippen LogP contribution is -2.27. The van der Waals surface area contributed by atoms with Gasteiger partial charge in [0.2, 0.25) is 0 Å². The van der Waals surface area contributed by atoms with E-state index in [4.69, 9.17) is 10.4 Å². The molecule has 4 heteroatoms. The van der Waals surface area contributed by atoms with Crippen molar-refractivity contribution in [2.24, 2.45) is 0 Å². The van der Waals surface area contributed by atoms with Crippen molar-refractivity contribution in [3.05, 3.63) is 41.6 Å². The third-order valence-corrected chi connectivity index (χ3v) is 3.81. The minimum Gasteiger partial charge on any atom is -0.302 e. The lowest BCUT2D eigenvalue weighted by molar-refractivity contribution is 0.308. The molecule has 1 aromatic heterocycles. The summed E-state index contributed by atoms with van der Waals surface area (Å²) in [6.07, 6.45) is 1.52. The molecular weight excluding hydrogens is 248 g/mol. The Labute approximate surface area is 119 Å². The van der Waals surface area contributed by atoms with Gasteiger partial charge in [0, 0.05) is 36.3 Å². The SMILES string of the molecule is CN1CCc2c(c(-c3ccccc3)nn2CCC#N)C1. The van der Waals surface area contributed by atoms with Crippen LogP contribution in [0.25, 0.3) is 11.3 Å². The molecule has 0 saturated heterocycles. The minimum atomic E-state index is 0.512. The number of aromatic nitrogens is 2. The quantitative estimate of drug-likeness (QED) is 0.857. The Kier molecular flexibility index (Phi) is 3.53. The van der Waals surface area contributed by atoms with Gasteiger partial charge in [0.25, 0.3) is 0 Å². The molecule has 1 aliphatic heterocycles. The number of rotatable bonds is 3. The Morgan fingerprint density at radius 3 is 2.85 bits per heavy atom. The highest BCUT2D eigenvalue weighted by Gasteiger charge is 2.23. The molecule has 0 unspecified atom stereocenters. The summed E-state index contributed by atoms with van der Waals surface area (Å²) in [5, 5.41) is 13.6. The summed E-state index contributed by atoms with van der Waals surface area (Å²) >= 11 is 0. The maximum atomic E-state index is 8.80. The van der Waals surface area contributed by atoms with Crippen LogP contribution in [-0.2, 0) is 19.5 Å². The number of benzene rings is 1.